The molecule has 0 aliphatic carbocycles. The molecule has 1 aromatic heterocycles. The van der Waals surface area contributed by atoms with Gasteiger partial charge in [0.1, 0.15) is 5.01 Å². The zero-order valence-corrected chi connectivity index (χ0v) is 14.0. The van der Waals surface area contributed by atoms with Crippen LogP contribution in [0.4, 0.5) is 0 Å². The SMILES string of the molecule is CC1CSCCN1Cc1csc(CNC(C)(C)C)n1. The molecule has 5 heteroatoms. The Kier molecular flexibility index (Phi) is 5.29. The predicted molar refractivity (Wildman–Crippen MR) is 85.9 cm³/mol. The monoisotopic (exact) mass is 299 g/mol. The van der Waals surface area contributed by atoms with Crippen LogP contribution < -0.4 is 5.32 Å². The number of hydrogen-bond acceptors (Lipinski definition) is 5. The molecule has 0 amide bonds. The lowest BCUT2D eigenvalue weighted by Gasteiger charge is -2.32. The molecule has 1 aliphatic heterocycles. The van der Waals surface area contributed by atoms with Gasteiger partial charge in [0.15, 0.2) is 0 Å². The zero-order chi connectivity index (χ0) is 13.9. The number of nitrogens with one attached hydrogen (secondary N) is 1. The Labute approximate surface area is 125 Å². The summed E-state index contributed by atoms with van der Waals surface area (Å²) in [4.78, 5) is 7.30. The van der Waals surface area contributed by atoms with E-state index >= 15 is 0 Å². The van der Waals surface area contributed by atoms with Crippen LogP contribution in [0, 0.1) is 0 Å². The van der Waals surface area contributed by atoms with E-state index in [-0.39, 0.29) is 5.54 Å². The van der Waals surface area contributed by atoms with E-state index in [4.69, 9.17) is 4.98 Å². The first-order valence-corrected chi connectivity index (χ1v) is 8.97. The third-order valence-electron chi connectivity index (χ3n) is 3.24. The summed E-state index contributed by atoms with van der Waals surface area (Å²) in [6, 6.07) is 0.677. The molecule has 1 aromatic rings. The third kappa shape index (κ3) is 5.06. The molecule has 0 aromatic carbocycles. The Morgan fingerprint density at radius 2 is 2.26 bits per heavy atom. The highest BCUT2D eigenvalue weighted by Crippen LogP contribution is 2.19. The van der Waals surface area contributed by atoms with Gasteiger partial charge in [0, 0.05) is 48.1 Å². The molecule has 0 radical (unpaired) electrons. The maximum Gasteiger partial charge on any atom is 0.107 e. The number of thiazole rings is 1. The number of thioether (sulfide) groups is 1. The lowest BCUT2D eigenvalue weighted by Crippen LogP contribution is -2.39. The Balaban J connectivity index is 1.86. The zero-order valence-electron chi connectivity index (χ0n) is 12.4. The maximum atomic E-state index is 4.75. The fourth-order valence-corrected chi connectivity index (χ4v) is 3.85. The van der Waals surface area contributed by atoms with E-state index in [0.717, 1.165) is 13.1 Å². The summed E-state index contributed by atoms with van der Waals surface area (Å²) in [5, 5.41) is 6.91. The average molecular weight is 300 g/mol. The summed E-state index contributed by atoms with van der Waals surface area (Å²) in [6.45, 7) is 12.0. The van der Waals surface area contributed by atoms with Crippen LogP contribution in [0.2, 0.25) is 0 Å². The van der Waals surface area contributed by atoms with Crippen molar-refractivity contribution < 1.29 is 0 Å². The van der Waals surface area contributed by atoms with Gasteiger partial charge < -0.3 is 5.32 Å². The molecule has 1 fully saturated rings. The minimum atomic E-state index is 0.157. The molecule has 0 saturated carbocycles. The van der Waals surface area contributed by atoms with Crippen LogP contribution in [0.3, 0.4) is 0 Å². The van der Waals surface area contributed by atoms with Gasteiger partial charge in [0.2, 0.25) is 0 Å². The lowest BCUT2D eigenvalue weighted by molar-refractivity contribution is 0.221. The first-order valence-electron chi connectivity index (χ1n) is 6.94. The number of nitrogens with zero attached hydrogens (tertiary/aromatic N) is 2. The molecule has 1 N–H and O–H groups in total. The summed E-state index contributed by atoms with van der Waals surface area (Å²) in [7, 11) is 0. The van der Waals surface area contributed by atoms with E-state index in [9.17, 15) is 0 Å². The van der Waals surface area contributed by atoms with Crippen molar-refractivity contribution in [3.05, 3.63) is 16.1 Å². The van der Waals surface area contributed by atoms with Crippen molar-refractivity contribution in [2.24, 2.45) is 0 Å². The van der Waals surface area contributed by atoms with Crippen LogP contribution in [0.25, 0.3) is 0 Å². The van der Waals surface area contributed by atoms with Gasteiger partial charge in [-0.05, 0) is 27.7 Å². The molecule has 3 nitrogen and oxygen atoms in total. The van der Waals surface area contributed by atoms with Crippen molar-refractivity contribution in [1.29, 1.82) is 0 Å². The standard InChI is InChI=1S/C14H25N3S2/c1-11-9-18-6-5-17(11)8-12-10-19-13(16-12)7-15-14(2,3)4/h10-11,15H,5-9H2,1-4H3. The van der Waals surface area contributed by atoms with E-state index in [2.05, 4.69) is 55.1 Å². The molecule has 0 bridgehead atoms. The summed E-state index contributed by atoms with van der Waals surface area (Å²) in [5.74, 6) is 2.51. The second kappa shape index (κ2) is 6.57. The van der Waals surface area contributed by atoms with Gasteiger partial charge in [-0.25, -0.2) is 4.98 Å². The quantitative estimate of drug-likeness (QED) is 0.925. The van der Waals surface area contributed by atoms with Crippen molar-refractivity contribution in [2.45, 2.75) is 52.4 Å². The van der Waals surface area contributed by atoms with Gasteiger partial charge in [0.25, 0.3) is 0 Å². The van der Waals surface area contributed by atoms with Gasteiger partial charge in [-0.1, -0.05) is 0 Å². The summed E-state index contributed by atoms with van der Waals surface area (Å²) in [5.41, 5.74) is 1.39. The molecule has 1 atom stereocenters. The van der Waals surface area contributed by atoms with Crippen LogP contribution >= 0.6 is 23.1 Å². The second-order valence-corrected chi connectivity index (χ2v) is 8.32. The Morgan fingerprint density at radius 3 is 2.95 bits per heavy atom. The second-order valence-electron chi connectivity index (χ2n) is 6.23. The van der Waals surface area contributed by atoms with Gasteiger partial charge in [-0.15, -0.1) is 11.3 Å². The van der Waals surface area contributed by atoms with Crippen molar-refractivity contribution in [1.82, 2.24) is 15.2 Å². The Bertz CT molecular complexity index is 398. The third-order valence-corrected chi connectivity index (χ3v) is 5.33. The number of rotatable bonds is 4. The first-order chi connectivity index (χ1) is 8.94. The van der Waals surface area contributed by atoms with E-state index in [1.807, 2.05) is 0 Å². The largest absolute Gasteiger partial charge is 0.306 e. The highest BCUT2D eigenvalue weighted by atomic mass is 32.2. The smallest absolute Gasteiger partial charge is 0.107 e. The van der Waals surface area contributed by atoms with Crippen molar-refractivity contribution in [2.75, 3.05) is 18.1 Å². The highest BCUT2D eigenvalue weighted by molar-refractivity contribution is 7.99. The van der Waals surface area contributed by atoms with E-state index < -0.39 is 0 Å². The lowest BCUT2D eigenvalue weighted by atomic mass is 10.1. The minimum absolute atomic E-state index is 0.157. The normalized spacial score (nSPS) is 21.8. The molecule has 2 rings (SSSR count). The fraction of sp³-hybridized carbons (Fsp3) is 0.786. The molecule has 19 heavy (non-hydrogen) atoms. The van der Waals surface area contributed by atoms with E-state index in [0.29, 0.717) is 6.04 Å². The predicted octanol–water partition coefficient (Wildman–Crippen LogP) is 2.97. The molecule has 0 spiro atoms. The summed E-state index contributed by atoms with van der Waals surface area (Å²) in [6.07, 6.45) is 0. The molecular formula is C14H25N3S2. The molecule has 1 saturated heterocycles. The maximum absolute atomic E-state index is 4.75. The van der Waals surface area contributed by atoms with Gasteiger partial charge >= 0.3 is 0 Å². The molecule has 1 aliphatic rings. The number of hydrogen-bond donors (Lipinski definition) is 1. The minimum Gasteiger partial charge on any atom is -0.306 e. The van der Waals surface area contributed by atoms with Gasteiger partial charge in [0.05, 0.1) is 5.69 Å². The number of aromatic nitrogens is 1. The van der Waals surface area contributed by atoms with Crippen molar-refractivity contribution in [3.8, 4) is 0 Å². The van der Waals surface area contributed by atoms with Crippen LogP contribution in [0.1, 0.15) is 38.4 Å². The van der Waals surface area contributed by atoms with Crippen LogP contribution in [0.15, 0.2) is 5.38 Å². The van der Waals surface area contributed by atoms with Gasteiger partial charge in [-0.3, -0.25) is 4.90 Å². The molecular weight excluding hydrogens is 274 g/mol. The summed E-state index contributed by atoms with van der Waals surface area (Å²) < 4.78 is 0. The Morgan fingerprint density at radius 1 is 1.47 bits per heavy atom. The van der Waals surface area contributed by atoms with Gasteiger partial charge in [-0.2, -0.15) is 11.8 Å². The highest BCUT2D eigenvalue weighted by Gasteiger charge is 2.19. The molecule has 1 unspecified atom stereocenters. The van der Waals surface area contributed by atoms with Crippen LogP contribution in [0.5, 0.6) is 0 Å². The Hall–Kier alpha value is -0.100. The topological polar surface area (TPSA) is 28.2 Å². The summed E-state index contributed by atoms with van der Waals surface area (Å²) >= 11 is 3.84. The van der Waals surface area contributed by atoms with Crippen LogP contribution in [-0.2, 0) is 13.1 Å². The van der Waals surface area contributed by atoms with Crippen LogP contribution in [-0.4, -0.2) is 39.5 Å². The van der Waals surface area contributed by atoms with Crippen molar-refractivity contribution >= 4 is 23.1 Å². The molecule has 108 valence electrons. The van der Waals surface area contributed by atoms with E-state index in [1.165, 1.54) is 28.8 Å². The molecule has 2 heterocycles. The fourth-order valence-electron chi connectivity index (χ4n) is 2.05. The van der Waals surface area contributed by atoms with E-state index in [1.54, 1.807) is 11.3 Å². The first kappa shape index (κ1) is 15.3. The van der Waals surface area contributed by atoms with Crippen molar-refractivity contribution in [3.63, 3.8) is 0 Å². The average Bonchev–Trinajstić information content (AvgIpc) is 2.77.